The van der Waals surface area contributed by atoms with E-state index in [1.807, 2.05) is 29.2 Å². The predicted molar refractivity (Wildman–Crippen MR) is 125 cm³/mol. The van der Waals surface area contributed by atoms with Gasteiger partial charge in [0.2, 0.25) is 5.91 Å². The molecule has 0 unspecified atom stereocenters. The number of hydrogen-bond acceptors (Lipinski definition) is 4. The van der Waals surface area contributed by atoms with Crippen LogP contribution in [0.15, 0.2) is 30.5 Å². The molecule has 0 radical (unpaired) electrons. The van der Waals surface area contributed by atoms with Crippen LogP contribution in [0.4, 0.5) is 5.69 Å². The van der Waals surface area contributed by atoms with E-state index in [1.165, 1.54) is 32.1 Å². The number of rotatable bonds is 6. The number of hydrogen-bond donors (Lipinski definition) is 2. The highest BCUT2D eigenvalue weighted by molar-refractivity contribution is 5.82. The van der Waals surface area contributed by atoms with E-state index in [-0.39, 0.29) is 17.9 Å². The van der Waals surface area contributed by atoms with Gasteiger partial charge in [0.25, 0.3) is 0 Å². The number of carbonyl (C=O) groups is 1. The standard InChI is InChI=1S/C25H37N5O/c1-3-17(2)23(27)25(31)30-13-12-29-16-21(19-10-7-11-20(26)15-19)28-24(29)22(30)14-18-8-5-4-6-9-18/h7,10-11,15-18,22-23H,3-6,8-9,12-14,26-27H2,1-2H3/t17-,22-,23-/m0/s1. The molecule has 3 atom stereocenters. The van der Waals surface area contributed by atoms with E-state index in [9.17, 15) is 4.79 Å². The summed E-state index contributed by atoms with van der Waals surface area (Å²) in [4.78, 5) is 20.5. The zero-order valence-electron chi connectivity index (χ0n) is 19.0. The van der Waals surface area contributed by atoms with Crippen LogP contribution in [0.2, 0.25) is 0 Å². The number of fused-ring (bicyclic) bond motifs is 1. The van der Waals surface area contributed by atoms with E-state index >= 15 is 0 Å². The van der Waals surface area contributed by atoms with Gasteiger partial charge in [-0.25, -0.2) is 4.98 Å². The number of amides is 1. The predicted octanol–water partition coefficient (Wildman–Crippen LogP) is 4.36. The molecule has 0 spiro atoms. The monoisotopic (exact) mass is 423 g/mol. The number of nitrogen functional groups attached to an aromatic ring is 1. The fourth-order valence-corrected chi connectivity index (χ4v) is 5.15. The summed E-state index contributed by atoms with van der Waals surface area (Å²) in [5.41, 5.74) is 15.1. The average Bonchev–Trinajstić information content (AvgIpc) is 3.23. The molecule has 2 aromatic rings. The molecule has 4 N–H and O–H groups in total. The fourth-order valence-electron chi connectivity index (χ4n) is 5.15. The van der Waals surface area contributed by atoms with E-state index in [0.717, 1.165) is 42.2 Å². The molecular weight excluding hydrogens is 386 g/mol. The van der Waals surface area contributed by atoms with E-state index in [4.69, 9.17) is 16.5 Å². The molecule has 1 aliphatic heterocycles. The highest BCUT2D eigenvalue weighted by Crippen LogP contribution is 2.38. The lowest BCUT2D eigenvalue weighted by Gasteiger charge is -2.40. The van der Waals surface area contributed by atoms with Crippen LogP contribution in [0.1, 0.15) is 70.7 Å². The molecule has 6 heteroatoms. The lowest BCUT2D eigenvalue weighted by molar-refractivity contribution is -0.138. The summed E-state index contributed by atoms with van der Waals surface area (Å²) in [6, 6.07) is 7.41. The van der Waals surface area contributed by atoms with Gasteiger partial charge in [0.05, 0.1) is 17.8 Å². The quantitative estimate of drug-likeness (QED) is 0.676. The van der Waals surface area contributed by atoms with Crippen molar-refractivity contribution in [2.24, 2.45) is 17.6 Å². The van der Waals surface area contributed by atoms with Crippen molar-refractivity contribution in [3.05, 3.63) is 36.3 Å². The number of nitrogens with two attached hydrogens (primary N) is 2. The van der Waals surface area contributed by atoms with Crippen LogP contribution in [0.5, 0.6) is 0 Å². The summed E-state index contributed by atoms with van der Waals surface area (Å²) in [5.74, 6) is 1.90. The van der Waals surface area contributed by atoms with E-state index in [2.05, 4.69) is 24.6 Å². The van der Waals surface area contributed by atoms with Crippen molar-refractivity contribution in [3.8, 4) is 11.3 Å². The van der Waals surface area contributed by atoms with Gasteiger partial charge >= 0.3 is 0 Å². The summed E-state index contributed by atoms with van der Waals surface area (Å²) in [5, 5.41) is 0. The minimum Gasteiger partial charge on any atom is -0.399 e. The second kappa shape index (κ2) is 9.43. The number of benzene rings is 1. The molecule has 31 heavy (non-hydrogen) atoms. The van der Waals surface area contributed by atoms with Crippen molar-refractivity contribution < 1.29 is 4.79 Å². The second-order valence-corrected chi connectivity index (χ2v) is 9.50. The highest BCUT2D eigenvalue weighted by Gasteiger charge is 2.37. The van der Waals surface area contributed by atoms with Gasteiger partial charge in [-0.05, 0) is 30.4 Å². The molecule has 168 valence electrons. The van der Waals surface area contributed by atoms with Crippen LogP contribution in [0.25, 0.3) is 11.3 Å². The van der Waals surface area contributed by atoms with Gasteiger partial charge < -0.3 is 20.9 Å². The lowest BCUT2D eigenvalue weighted by Crippen LogP contribution is -2.51. The van der Waals surface area contributed by atoms with Crippen LogP contribution in [-0.4, -0.2) is 32.9 Å². The zero-order chi connectivity index (χ0) is 22.0. The van der Waals surface area contributed by atoms with Gasteiger partial charge in [-0.2, -0.15) is 0 Å². The number of imidazole rings is 1. The van der Waals surface area contributed by atoms with Crippen molar-refractivity contribution >= 4 is 11.6 Å². The van der Waals surface area contributed by atoms with Crippen molar-refractivity contribution in [2.45, 2.75) is 77.4 Å². The molecule has 0 bridgehead atoms. The molecule has 1 aromatic carbocycles. The second-order valence-electron chi connectivity index (χ2n) is 9.50. The normalized spacial score (nSPS) is 21.5. The van der Waals surface area contributed by atoms with E-state index in [1.54, 1.807) is 0 Å². The van der Waals surface area contributed by atoms with Crippen LogP contribution in [-0.2, 0) is 11.3 Å². The van der Waals surface area contributed by atoms with Gasteiger partial charge in [0.1, 0.15) is 5.82 Å². The number of anilines is 1. The van der Waals surface area contributed by atoms with Gasteiger partial charge in [-0.1, -0.05) is 64.5 Å². The molecule has 2 aliphatic rings. The first-order chi connectivity index (χ1) is 15.0. The summed E-state index contributed by atoms with van der Waals surface area (Å²) in [7, 11) is 0. The Balaban J connectivity index is 1.66. The van der Waals surface area contributed by atoms with Crippen molar-refractivity contribution in [2.75, 3.05) is 12.3 Å². The first kappa shape index (κ1) is 21.9. The first-order valence-electron chi connectivity index (χ1n) is 12.0. The topological polar surface area (TPSA) is 90.2 Å². The third kappa shape index (κ3) is 4.64. The van der Waals surface area contributed by atoms with E-state index < -0.39 is 6.04 Å². The third-order valence-electron chi connectivity index (χ3n) is 7.35. The Hall–Kier alpha value is -2.34. The van der Waals surface area contributed by atoms with Gasteiger partial charge in [-0.15, -0.1) is 0 Å². The number of carbonyl (C=O) groups excluding carboxylic acids is 1. The molecule has 1 fully saturated rings. The highest BCUT2D eigenvalue weighted by atomic mass is 16.2. The number of aromatic nitrogens is 2. The smallest absolute Gasteiger partial charge is 0.240 e. The SMILES string of the molecule is CC[C@H](C)[C@H](N)C(=O)N1CCn2cc(-c3cccc(N)c3)nc2[C@@H]1CC1CCCCC1. The zero-order valence-corrected chi connectivity index (χ0v) is 19.0. The van der Waals surface area contributed by atoms with Crippen LogP contribution in [0, 0.1) is 11.8 Å². The Morgan fingerprint density at radius 1 is 1.23 bits per heavy atom. The Bertz CT molecular complexity index is 901. The Labute approximate surface area is 186 Å². The molecule has 1 aliphatic carbocycles. The number of nitrogens with zero attached hydrogens (tertiary/aromatic N) is 3. The summed E-state index contributed by atoms with van der Waals surface area (Å²) >= 11 is 0. The fraction of sp³-hybridized carbons (Fsp3) is 0.600. The molecule has 1 aromatic heterocycles. The lowest BCUT2D eigenvalue weighted by atomic mass is 9.83. The molecular formula is C25H37N5O. The maximum atomic E-state index is 13.4. The molecule has 0 saturated heterocycles. The average molecular weight is 424 g/mol. The molecule has 4 rings (SSSR count). The van der Waals surface area contributed by atoms with Crippen LogP contribution < -0.4 is 11.5 Å². The van der Waals surface area contributed by atoms with Crippen molar-refractivity contribution in [3.63, 3.8) is 0 Å². The Morgan fingerprint density at radius 2 is 2.00 bits per heavy atom. The van der Waals surface area contributed by atoms with Gasteiger partial charge in [-0.3, -0.25) is 4.79 Å². The van der Waals surface area contributed by atoms with Crippen LogP contribution in [0.3, 0.4) is 0 Å². The van der Waals surface area contributed by atoms with Crippen molar-refractivity contribution in [1.82, 2.24) is 14.5 Å². The first-order valence-corrected chi connectivity index (χ1v) is 12.0. The summed E-state index contributed by atoms with van der Waals surface area (Å²) < 4.78 is 2.24. The van der Waals surface area contributed by atoms with E-state index in [0.29, 0.717) is 12.5 Å². The molecule has 1 amide bonds. The minimum absolute atomic E-state index is 0.00531. The summed E-state index contributed by atoms with van der Waals surface area (Å²) in [6.45, 7) is 5.62. The van der Waals surface area contributed by atoms with Gasteiger partial charge in [0.15, 0.2) is 0 Å². The largest absolute Gasteiger partial charge is 0.399 e. The molecule has 6 nitrogen and oxygen atoms in total. The maximum absolute atomic E-state index is 13.4. The van der Waals surface area contributed by atoms with Gasteiger partial charge in [0, 0.05) is 30.5 Å². The Morgan fingerprint density at radius 3 is 2.71 bits per heavy atom. The molecule has 1 saturated carbocycles. The summed E-state index contributed by atoms with van der Waals surface area (Å²) in [6.07, 6.45) is 10.4. The maximum Gasteiger partial charge on any atom is 0.240 e. The van der Waals surface area contributed by atoms with Crippen LogP contribution >= 0.6 is 0 Å². The minimum atomic E-state index is -0.450. The van der Waals surface area contributed by atoms with Crippen molar-refractivity contribution in [1.29, 1.82) is 0 Å². The Kier molecular flexibility index (Phi) is 6.65. The molecule has 2 heterocycles. The third-order valence-corrected chi connectivity index (χ3v) is 7.35.